The van der Waals surface area contributed by atoms with Crippen molar-refractivity contribution in [2.24, 2.45) is 0 Å². The Labute approximate surface area is 176 Å². The highest BCUT2D eigenvalue weighted by Crippen LogP contribution is 2.44. The van der Waals surface area contributed by atoms with E-state index in [1.807, 2.05) is 13.8 Å². The van der Waals surface area contributed by atoms with Crippen molar-refractivity contribution in [3.8, 4) is 0 Å². The van der Waals surface area contributed by atoms with Crippen molar-refractivity contribution in [3.63, 3.8) is 0 Å². The summed E-state index contributed by atoms with van der Waals surface area (Å²) in [5.74, 6) is 0.974. The maximum Gasteiger partial charge on any atom is 0.156 e. The SMILES string of the molecule is C=C(/C=C\C)[C@]1(C)CCCN(c2ccc(C(C)(C)C)cc2)c2nc(C)c(C)nc21. The zero-order valence-electron chi connectivity index (χ0n) is 19.1. The van der Waals surface area contributed by atoms with E-state index in [0.717, 1.165) is 47.9 Å². The maximum absolute atomic E-state index is 5.06. The number of allylic oxidation sites excluding steroid dienone is 3. The van der Waals surface area contributed by atoms with E-state index in [1.165, 1.54) is 11.3 Å². The minimum atomic E-state index is -0.215. The van der Waals surface area contributed by atoms with Crippen LogP contribution >= 0.6 is 0 Å². The summed E-state index contributed by atoms with van der Waals surface area (Å²) in [4.78, 5) is 12.4. The molecule has 1 aromatic carbocycles. The molecule has 0 bridgehead atoms. The Morgan fingerprint density at radius 3 is 2.31 bits per heavy atom. The highest BCUT2D eigenvalue weighted by atomic mass is 15.2. The lowest BCUT2D eigenvalue weighted by molar-refractivity contribution is 0.500. The number of nitrogens with zero attached hydrogens (tertiary/aromatic N) is 3. The third kappa shape index (κ3) is 4.01. The van der Waals surface area contributed by atoms with Gasteiger partial charge in [0.1, 0.15) is 0 Å². The molecule has 3 heteroatoms. The fraction of sp³-hybridized carbons (Fsp3) is 0.462. The van der Waals surface area contributed by atoms with Crippen molar-refractivity contribution in [3.05, 3.63) is 71.2 Å². The molecule has 0 amide bonds. The first-order chi connectivity index (χ1) is 13.6. The van der Waals surface area contributed by atoms with E-state index < -0.39 is 0 Å². The molecule has 2 heterocycles. The van der Waals surface area contributed by atoms with E-state index in [4.69, 9.17) is 9.97 Å². The van der Waals surface area contributed by atoms with Crippen molar-refractivity contribution in [2.45, 2.75) is 72.1 Å². The summed E-state index contributed by atoms with van der Waals surface area (Å²) < 4.78 is 0. The number of fused-ring (bicyclic) bond motifs is 1. The van der Waals surface area contributed by atoms with Gasteiger partial charge in [-0.15, -0.1) is 0 Å². The average Bonchev–Trinajstić information content (AvgIpc) is 2.80. The molecule has 2 aromatic rings. The molecule has 0 spiro atoms. The van der Waals surface area contributed by atoms with E-state index in [2.05, 4.69) is 82.5 Å². The quantitative estimate of drug-likeness (QED) is 0.546. The normalized spacial score (nSPS) is 19.9. The van der Waals surface area contributed by atoms with Gasteiger partial charge in [0.05, 0.1) is 17.1 Å². The zero-order chi connectivity index (χ0) is 21.4. The minimum Gasteiger partial charge on any atom is -0.325 e. The second-order valence-electron chi connectivity index (χ2n) is 9.48. The zero-order valence-corrected chi connectivity index (χ0v) is 19.1. The standard InChI is InChI=1S/C26H35N3/c1-9-11-18(2)26(8)16-10-17-29(24-23(26)27-19(3)20(4)28-24)22-14-12-21(13-15-22)25(5,6)7/h9,11-15H,2,10,16-17H2,1,3-8H3/b11-9-/t26-/m0/s1. The van der Waals surface area contributed by atoms with Gasteiger partial charge in [0.2, 0.25) is 0 Å². The first kappa shape index (κ1) is 21.3. The van der Waals surface area contributed by atoms with Gasteiger partial charge < -0.3 is 4.90 Å². The van der Waals surface area contributed by atoms with Crippen LogP contribution in [0.2, 0.25) is 0 Å². The van der Waals surface area contributed by atoms with Gasteiger partial charge in [0.25, 0.3) is 0 Å². The molecule has 29 heavy (non-hydrogen) atoms. The van der Waals surface area contributed by atoms with Gasteiger partial charge in [-0.25, -0.2) is 4.98 Å². The number of hydrogen-bond donors (Lipinski definition) is 0. The van der Waals surface area contributed by atoms with Crippen LogP contribution in [0.5, 0.6) is 0 Å². The smallest absolute Gasteiger partial charge is 0.156 e. The molecule has 3 nitrogen and oxygen atoms in total. The number of benzene rings is 1. The van der Waals surface area contributed by atoms with E-state index in [9.17, 15) is 0 Å². The number of anilines is 2. The van der Waals surface area contributed by atoms with E-state index in [1.54, 1.807) is 0 Å². The molecule has 0 saturated carbocycles. The summed E-state index contributed by atoms with van der Waals surface area (Å²) >= 11 is 0. The Morgan fingerprint density at radius 1 is 1.10 bits per heavy atom. The summed E-state index contributed by atoms with van der Waals surface area (Å²) in [6, 6.07) is 8.94. The summed E-state index contributed by atoms with van der Waals surface area (Å²) in [5, 5.41) is 0. The lowest BCUT2D eigenvalue weighted by atomic mass is 9.76. The average molecular weight is 390 g/mol. The third-order valence-corrected chi connectivity index (χ3v) is 6.25. The van der Waals surface area contributed by atoms with Crippen LogP contribution in [0, 0.1) is 13.8 Å². The van der Waals surface area contributed by atoms with Crippen molar-refractivity contribution in [2.75, 3.05) is 11.4 Å². The van der Waals surface area contributed by atoms with E-state index in [0.29, 0.717) is 0 Å². The Kier molecular flexibility index (Phi) is 5.71. The van der Waals surface area contributed by atoms with E-state index in [-0.39, 0.29) is 10.8 Å². The molecule has 0 unspecified atom stereocenters. The van der Waals surface area contributed by atoms with Crippen molar-refractivity contribution in [1.82, 2.24) is 9.97 Å². The van der Waals surface area contributed by atoms with Gasteiger partial charge in [-0.3, -0.25) is 4.98 Å². The molecule has 0 fully saturated rings. The summed E-state index contributed by atoms with van der Waals surface area (Å²) in [7, 11) is 0. The number of aryl methyl sites for hydroxylation is 2. The molecule has 0 saturated heterocycles. The van der Waals surface area contributed by atoms with Crippen LogP contribution in [0.1, 0.15) is 70.1 Å². The molecule has 0 N–H and O–H groups in total. The van der Waals surface area contributed by atoms with Crippen LogP contribution in [0.3, 0.4) is 0 Å². The molecule has 0 aliphatic carbocycles. The molecule has 1 aromatic heterocycles. The van der Waals surface area contributed by atoms with Crippen LogP contribution in [-0.2, 0) is 10.8 Å². The Bertz CT molecular complexity index is 932. The highest BCUT2D eigenvalue weighted by Gasteiger charge is 2.38. The molecule has 1 aliphatic rings. The van der Waals surface area contributed by atoms with Crippen LogP contribution < -0.4 is 4.90 Å². The van der Waals surface area contributed by atoms with Crippen LogP contribution in [-0.4, -0.2) is 16.5 Å². The van der Waals surface area contributed by atoms with Crippen LogP contribution in [0.25, 0.3) is 0 Å². The number of hydrogen-bond acceptors (Lipinski definition) is 3. The molecule has 154 valence electrons. The maximum atomic E-state index is 5.06. The predicted octanol–water partition coefficient (Wildman–Crippen LogP) is 6.71. The first-order valence-electron chi connectivity index (χ1n) is 10.6. The lowest BCUT2D eigenvalue weighted by Gasteiger charge is -2.31. The fourth-order valence-corrected chi connectivity index (χ4v) is 4.06. The summed E-state index contributed by atoms with van der Waals surface area (Å²) in [5.41, 5.74) is 6.57. The highest BCUT2D eigenvalue weighted by molar-refractivity contribution is 5.66. The summed E-state index contributed by atoms with van der Waals surface area (Å²) in [6.07, 6.45) is 6.26. The second-order valence-corrected chi connectivity index (χ2v) is 9.48. The molecule has 1 atom stereocenters. The largest absolute Gasteiger partial charge is 0.325 e. The van der Waals surface area contributed by atoms with Gasteiger partial charge in [0.15, 0.2) is 5.82 Å². The molecule has 0 radical (unpaired) electrons. The Morgan fingerprint density at radius 2 is 1.72 bits per heavy atom. The molecular weight excluding hydrogens is 354 g/mol. The van der Waals surface area contributed by atoms with Crippen LogP contribution in [0.15, 0.2) is 48.6 Å². The topological polar surface area (TPSA) is 29.0 Å². The number of rotatable bonds is 3. The fourth-order valence-electron chi connectivity index (χ4n) is 4.06. The first-order valence-corrected chi connectivity index (χ1v) is 10.6. The summed E-state index contributed by atoms with van der Waals surface area (Å²) in [6.45, 7) is 20.5. The monoisotopic (exact) mass is 389 g/mol. The van der Waals surface area contributed by atoms with Crippen molar-refractivity contribution < 1.29 is 0 Å². The third-order valence-electron chi connectivity index (χ3n) is 6.25. The van der Waals surface area contributed by atoms with E-state index >= 15 is 0 Å². The Hall–Kier alpha value is -2.42. The van der Waals surface area contributed by atoms with Gasteiger partial charge in [0, 0.05) is 17.6 Å². The van der Waals surface area contributed by atoms with Crippen molar-refractivity contribution >= 4 is 11.5 Å². The molecule has 3 rings (SSSR count). The van der Waals surface area contributed by atoms with Gasteiger partial charge in [-0.1, -0.05) is 51.6 Å². The molecule has 1 aliphatic heterocycles. The lowest BCUT2D eigenvalue weighted by Crippen LogP contribution is -2.27. The second kappa shape index (κ2) is 7.78. The van der Waals surface area contributed by atoms with Gasteiger partial charge in [-0.2, -0.15) is 0 Å². The number of aromatic nitrogens is 2. The minimum absolute atomic E-state index is 0.144. The van der Waals surface area contributed by atoms with Crippen LogP contribution in [0.4, 0.5) is 11.5 Å². The molecular formula is C26H35N3. The van der Waals surface area contributed by atoms with Gasteiger partial charge in [-0.05, 0) is 69.2 Å². The predicted molar refractivity (Wildman–Crippen MR) is 124 cm³/mol. The van der Waals surface area contributed by atoms with Crippen molar-refractivity contribution in [1.29, 1.82) is 0 Å². The Balaban J connectivity index is 2.15. The van der Waals surface area contributed by atoms with Gasteiger partial charge >= 0.3 is 0 Å².